The third-order valence-corrected chi connectivity index (χ3v) is 6.13. The van der Waals surface area contributed by atoms with E-state index in [0.717, 1.165) is 41.2 Å². The van der Waals surface area contributed by atoms with Gasteiger partial charge in [-0.25, -0.2) is 4.99 Å². The molecule has 0 fully saturated rings. The fourth-order valence-corrected chi connectivity index (χ4v) is 4.46. The molecule has 5 aromatic rings. The number of ether oxygens (including phenoxy) is 1. The van der Waals surface area contributed by atoms with E-state index < -0.39 is 0 Å². The minimum atomic E-state index is 0.839. The Morgan fingerprint density at radius 3 is 2.21 bits per heavy atom. The number of methoxy groups -OCH3 is 1. The Labute approximate surface area is 195 Å². The van der Waals surface area contributed by atoms with Crippen LogP contribution < -0.4 is 4.74 Å². The molecule has 3 heteroatoms. The average molecular weight is 433 g/mol. The van der Waals surface area contributed by atoms with Crippen LogP contribution >= 0.6 is 0 Å². The highest BCUT2D eigenvalue weighted by Crippen LogP contribution is 2.31. The summed E-state index contributed by atoms with van der Waals surface area (Å²) in [5.74, 6) is 0.839. The van der Waals surface area contributed by atoms with Crippen LogP contribution in [-0.2, 0) is 6.54 Å². The second-order valence-electron chi connectivity index (χ2n) is 8.43. The van der Waals surface area contributed by atoms with Gasteiger partial charge in [-0.1, -0.05) is 48.9 Å². The maximum atomic E-state index is 5.38. The van der Waals surface area contributed by atoms with Crippen molar-refractivity contribution in [2.24, 2.45) is 4.99 Å². The zero-order chi connectivity index (χ0) is 22.8. The molecule has 0 aliphatic heterocycles. The lowest BCUT2D eigenvalue weighted by atomic mass is 9.99. The van der Waals surface area contributed by atoms with E-state index in [1.807, 2.05) is 12.1 Å². The molecule has 0 saturated carbocycles. The molecule has 33 heavy (non-hydrogen) atoms. The van der Waals surface area contributed by atoms with Gasteiger partial charge < -0.3 is 9.30 Å². The number of nitrogens with zero attached hydrogens (tertiary/aromatic N) is 2. The lowest BCUT2D eigenvalue weighted by Crippen LogP contribution is -2.03. The smallest absolute Gasteiger partial charge is 0.118 e. The molecule has 0 saturated heterocycles. The molecule has 1 aromatic heterocycles. The molecule has 1 heterocycles. The van der Waals surface area contributed by atoms with Crippen LogP contribution in [0.5, 0.6) is 5.75 Å². The first kappa shape index (κ1) is 21.0. The number of hydrogen-bond acceptors (Lipinski definition) is 2. The standard InChI is InChI=1S/C30H28N2O/c1-4-19-32-28-8-6-5-7-26(28)27-20-23(13-18-29(27)32)30(22-11-16-25(33-3)17-12-22)31-24-14-9-21(2)10-15-24/h5-18,20H,4,19H2,1-3H3. The molecular formula is C30H28N2O. The van der Waals surface area contributed by atoms with Gasteiger partial charge in [0.25, 0.3) is 0 Å². The van der Waals surface area contributed by atoms with Crippen LogP contribution in [-0.4, -0.2) is 17.4 Å². The number of aromatic nitrogens is 1. The molecular weight excluding hydrogens is 404 g/mol. The Balaban J connectivity index is 1.72. The van der Waals surface area contributed by atoms with Gasteiger partial charge in [-0.15, -0.1) is 0 Å². The molecule has 0 aliphatic carbocycles. The first-order valence-electron chi connectivity index (χ1n) is 11.5. The van der Waals surface area contributed by atoms with Crippen LogP contribution in [0.15, 0.2) is 96.0 Å². The van der Waals surface area contributed by atoms with Gasteiger partial charge in [-0.2, -0.15) is 0 Å². The first-order valence-corrected chi connectivity index (χ1v) is 11.5. The Hall–Kier alpha value is -3.85. The van der Waals surface area contributed by atoms with Crippen LogP contribution in [0.4, 0.5) is 5.69 Å². The maximum Gasteiger partial charge on any atom is 0.118 e. The van der Waals surface area contributed by atoms with Crippen molar-refractivity contribution in [2.75, 3.05) is 7.11 Å². The Morgan fingerprint density at radius 1 is 0.788 bits per heavy atom. The molecule has 164 valence electrons. The van der Waals surface area contributed by atoms with Gasteiger partial charge in [0.1, 0.15) is 5.75 Å². The van der Waals surface area contributed by atoms with E-state index >= 15 is 0 Å². The summed E-state index contributed by atoms with van der Waals surface area (Å²) in [5, 5.41) is 2.55. The van der Waals surface area contributed by atoms with E-state index in [0.29, 0.717) is 0 Å². The number of para-hydroxylation sites is 1. The van der Waals surface area contributed by atoms with Crippen molar-refractivity contribution >= 4 is 33.2 Å². The van der Waals surface area contributed by atoms with Crippen LogP contribution in [0.25, 0.3) is 21.8 Å². The largest absolute Gasteiger partial charge is 0.497 e. The van der Waals surface area contributed by atoms with Crippen LogP contribution in [0.2, 0.25) is 0 Å². The summed E-state index contributed by atoms with van der Waals surface area (Å²) in [6.07, 6.45) is 1.10. The number of rotatable bonds is 6. The summed E-state index contributed by atoms with van der Waals surface area (Å²) >= 11 is 0. The van der Waals surface area contributed by atoms with Crippen molar-refractivity contribution in [1.29, 1.82) is 0 Å². The fourth-order valence-electron chi connectivity index (χ4n) is 4.46. The fraction of sp³-hybridized carbons (Fsp3) is 0.167. The number of fused-ring (bicyclic) bond motifs is 3. The van der Waals surface area contributed by atoms with Crippen molar-refractivity contribution < 1.29 is 4.74 Å². The lowest BCUT2D eigenvalue weighted by Gasteiger charge is -2.10. The zero-order valence-electron chi connectivity index (χ0n) is 19.4. The molecule has 0 N–H and O–H groups in total. The number of hydrogen-bond donors (Lipinski definition) is 0. The molecule has 0 spiro atoms. The highest BCUT2D eigenvalue weighted by Gasteiger charge is 2.14. The Morgan fingerprint density at radius 2 is 1.48 bits per heavy atom. The first-order chi connectivity index (χ1) is 16.2. The molecule has 3 nitrogen and oxygen atoms in total. The quantitative estimate of drug-likeness (QED) is 0.253. The summed E-state index contributed by atoms with van der Waals surface area (Å²) in [5.41, 5.74) is 7.85. The normalized spacial score (nSPS) is 11.9. The zero-order valence-corrected chi connectivity index (χ0v) is 19.4. The van der Waals surface area contributed by atoms with Crippen molar-refractivity contribution in [3.05, 3.63) is 108 Å². The summed E-state index contributed by atoms with van der Waals surface area (Å²) in [6, 6.07) is 31.9. The topological polar surface area (TPSA) is 26.5 Å². The van der Waals surface area contributed by atoms with Crippen molar-refractivity contribution in [3.8, 4) is 5.75 Å². The van der Waals surface area contributed by atoms with Crippen LogP contribution in [0.1, 0.15) is 30.0 Å². The second-order valence-corrected chi connectivity index (χ2v) is 8.43. The lowest BCUT2D eigenvalue weighted by molar-refractivity contribution is 0.415. The second kappa shape index (κ2) is 8.95. The monoisotopic (exact) mass is 432 g/mol. The number of aliphatic imine (C=N–C) groups is 1. The minimum Gasteiger partial charge on any atom is -0.497 e. The summed E-state index contributed by atoms with van der Waals surface area (Å²) in [7, 11) is 1.69. The molecule has 4 aromatic carbocycles. The predicted molar refractivity (Wildman–Crippen MR) is 139 cm³/mol. The Bertz CT molecular complexity index is 1440. The van der Waals surface area contributed by atoms with Gasteiger partial charge in [0.15, 0.2) is 0 Å². The van der Waals surface area contributed by atoms with E-state index in [-0.39, 0.29) is 0 Å². The van der Waals surface area contributed by atoms with Crippen LogP contribution in [0.3, 0.4) is 0 Å². The van der Waals surface area contributed by atoms with Crippen molar-refractivity contribution in [3.63, 3.8) is 0 Å². The van der Waals surface area contributed by atoms with Crippen LogP contribution in [0, 0.1) is 6.92 Å². The number of benzene rings is 4. The Kier molecular flexibility index (Phi) is 5.70. The van der Waals surface area contributed by atoms with Gasteiger partial charge in [0.05, 0.1) is 18.5 Å². The number of aryl methyl sites for hydroxylation is 2. The minimum absolute atomic E-state index is 0.839. The summed E-state index contributed by atoms with van der Waals surface area (Å²) < 4.78 is 7.80. The predicted octanol–water partition coefficient (Wildman–Crippen LogP) is 7.69. The SMILES string of the molecule is CCCn1c2ccccc2c2cc(C(=Nc3ccc(C)cc3)c3ccc(OC)cc3)ccc21. The van der Waals surface area contributed by atoms with Gasteiger partial charge in [0, 0.05) is 39.5 Å². The average Bonchev–Trinajstić information content (AvgIpc) is 3.17. The highest BCUT2D eigenvalue weighted by atomic mass is 16.5. The molecule has 0 bridgehead atoms. The third-order valence-electron chi connectivity index (χ3n) is 6.13. The van der Waals surface area contributed by atoms with Crippen molar-refractivity contribution in [1.82, 2.24) is 4.57 Å². The third kappa shape index (κ3) is 4.03. The van der Waals surface area contributed by atoms with Gasteiger partial charge in [-0.05, 0) is 67.9 Å². The van der Waals surface area contributed by atoms with Gasteiger partial charge in [0.2, 0.25) is 0 Å². The highest BCUT2D eigenvalue weighted by molar-refractivity contribution is 6.17. The van der Waals surface area contributed by atoms with E-state index in [1.165, 1.54) is 27.4 Å². The van der Waals surface area contributed by atoms with Gasteiger partial charge in [-0.3, -0.25) is 0 Å². The summed E-state index contributed by atoms with van der Waals surface area (Å²) in [4.78, 5) is 5.09. The van der Waals surface area contributed by atoms with E-state index in [9.17, 15) is 0 Å². The van der Waals surface area contributed by atoms with Gasteiger partial charge >= 0.3 is 0 Å². The van der Waals surface area contributed by atoms with E-state index in [4.69, 9.17) is 9.73 Å². The van der Waals surface area contributed by atoms with E-state index in [2.05, 4.69) is 97.3 Å². The maximum absolute atomic E-state index is 5.38. The molecule has 0 radical (unpaired) electrons. The molecule has 5 rings (SSSR count). The van der Waals surface area contributed by atoms with E-state index in [1.54, 1.807) is 7.11 Å². The molecule has 0 atom stereocenters. The molecule has 0 unspecified atom stereocenters. The molecule has 0 aliphatic rings. The summed E-state index contributed by atoms with van der Waals surface area (Å²) in [6.45, 7) is 5.33. The van der Waals surface area contributed by atoms with Crippen molar-refractivity contribution in [2.45, 2.75) is 26.8 Å². The molecule has 0 amide bonds.